The highest BCUT2D eigenvalue weighted by molar-refractivity contribution is 6.01. The van der Waals surface area contributed by atoms with Crippen molar-refractivity contribution in [1.82, 2.24) is 14.7 Å². The Morgan fingerprint density at radius 1 is 0.811 bits per heavy atom. The molecule has 184 valence electrons. The van der Waals surface area contributed by atoms with Gasteiger partial charge in [-0.1, -0.05) is 85.8 Å². The zero-order chi connectivity index (χ0) is 25.6. The summed E-state index contributed by atoms with van der Waals surface area (Å²) >= 11 is 0. The van der Waals surface area contributed by atoms with Gasteiger partial charge in [0.25, 0.3) is 5.91 Å². The van der Waals surface area contributed by atoms with E-state index in [0.717, 1.165) is 34.1 Å². The summed E-state index contributed by atoms with van der Waals surface area (Å²) in [5.74, 6) is 0.105. The van der Waals surface area contributed by atoms with Crippen LogP contribution in [0.2, 0.25) is 0 Å². The van der Waals surface area contributed by atoms with Crippen molar-refractivity contribution in [3.63, 3.8) is 0 Å². The predicted octanol–water partition coefficient (Wildman–Crippen LogP) is 6.18. The molecule has 6 nitrogen and oxygen atoms in total. The quantitative estimate of drug-likeness (QED) is 0.283. The summed E-state index contributed by atoms with van der Waals surface area (Å²) in [4.78, 5) is 28.2. The van der Waals surface area contributed by atoms with E-state index in [-0.39, 0.29) is 18.4 Å². The lowest BCUT2D eigenvalue weighted by Gasteiger charge is -2.22. The number of nitrogens with one attached hydrogen (secondary N) is 1. The first-order valence-corrected chi connectivity index (χ1v) is 12.4. The van der Waals surface area contributed by atoms with E-state index in [0.29, 0.717) is 17.9 Å². The Balaban J connectivity index is 1.39. The molecule has 4 aromatic carbocycles. The van der Waals surface area contributed by atoms with E-state index < -0.39 is 0 Å². The summed E-state index contributed by atoms with van der Waals surface area (Å²) in [6.07, 6.45) is 0.743. The van der Waals surface area contributed by atoms with Crippen molar-refractivity contribution in [2.45, 2.75) is 13.3 Å². The van der Waals surface area contributed by atoms with Crippen LogP contribution in [-0.2, 0) is 4.79 Å². The number of carbonyl (C=O) groups excluding carboxylic acids is 2. The van der Waals surface area contributed by atoms with Crippen LogP contribution in [0.1, 0.15) is 23.7 Å². The second kappa shape index (κ2) is 10.9. The summed E-state index contributed by atoms with van der Waals surface area (Å²) in [6.45, 7) is 2.42. The van der Waals surface area contributed by atoms with Gasteiger partial charge < -0.3 is 10.2 Å². The van der Waals surface area contributed by atoms with Crippen molar-refractivity contribution < 1.29 is 9.59 Å². The summed E-state index contributed by atoms with van der Waals surface area (Å²) in [5, 5.41) is 9.81. The van der Waals surface area contributed by atoms with Gasteiger partial charge in [0.15, 0.2) is 0 Å². The number of carbonyl (C=O) groups is 2. The molecule has 1 aromatic heterocycles. The molecular weight excluding hydrogens is 460 g/mol. The smallest absolute Gasteiger partial charge is 0.254 e. The molecule has 37 heavy (non-hydrogen) atoms. The van der Waals surface area contributed by atoms with E-state index in [1.54, 1.807) is 9.58 Å². The molecule has 1 N–H and O–H groups in total. The Kier molecular flexibility index (Phi) is 7.08. The molecule has 0 radical (unpaired) electrons. The molecule has 0 aliphatic carbocycles. The zero-order valence-electron chi connectivity index (χ0n) is 20.7. The van der Waals surface area contributed by atoms with Crippen LogP contribution in [0.4, 0.5) is 5.82 Å². The number of nitrogens with zero attached hydrogens (tertiary/aromatic N) is 3. The molecule has 0 unspecified atom stereocenters. The number of benzene rings is 4. The van der Waals surface area contributed by atoms with Gasteiger partial charge in [-0.3, -0.25) is 9.59 Å². The molecule has 6 heteroatoms. The Labute approximate surface area is 216 Å². The molecule has 5 rings (SSSR count). The van der Waals surface area contributed by atoms with E-state index in [4.69, 9.17) is 5.10 Å². The van der Waals surface area contributed by atoms with Crippen LogP contribution in [-0.4, -0.2) is 39.6 Å². The van der Waals surface area contributed by atoms with Crippen molar-refractivity contribution in [2.75, 3.05) is 18.4 Å². The van der Waals surface area contributed by atoms with Crippen LogP contribution in [0.5, 0.6) is 0 Å². The summed E-state index contributed by atoms with van der Waals surface area (Å²) in [5.41, 5.74) is 3.10. The SMILES string of the molecule is CCCN(CC(=O)Nc1cc(-c2ccccc2)nn1-c1ccccc1)C(=O)c1ccc2ccccc2c1. The Bertz CT molecular complexity index is 1530. The standard InChI is InChI=1S/C31H28N4O2/c1-2-19-34(31(37)26-18-17-23-11-9-10-14-25(23)20-26)22-30(36)32-29-21-28(24-12-5-3-6-13-24)33-35(29)27-15-7-4-8-16-27/h3-18,20-21H,2,19,22H2,1H3,(H,32,36). The van der Waals surface area contributed by atoms with Crippen LogP contribution < -0.4 is 5.32 Å². The Morgan fingerprint density at radius 2 is 1.49 bits per heavy atom. The fraction of sp³-hybridized carbons (Fsp3) is 0.129. The maximum atomic E-state index is 13.4. The van der Waals surface area contributed by atoms with Crippen LogP contribution >= 0.6 is 0 Å². The second-order valence-electron chi connectivity index (χ2n) is 8.87. The monoisotopic (exact) mass is 488 g/mol. The fourth-order valence-corrected chi connectivity index (χ4v) is 4.37. The van der Waals surface area contributed by atoms with Gasteiger partial charge in [0, 0.05) is 23.7 Å². The fourth-order valence-electron chi connectivity index (χ4n) is 4.37. The normalized spacial score (nSPS) is 10.8. The average molecular weight is 489 g/mol. The molecule has 0 fully saturated rings. The molecule has 0 atom stereocenters. The van der Waals surface area contributed by atoms with Gasteiger partial charge in [0.1, 0.15) is 12.4 Å². The lowest BCUT2D eigenvalue weighted by atomic mass is 10.1. The first-order chi connectivity index (χ1) is 18.1. The minimum Gasteiger partial charge on any atom is -0.329 e. The van der Waals surface area contributed by atoms with E-state index in [2.05, 4.69) is 5.32 Å². The maximum Gasteiger partial charge on any atom is 0.254 e. The lowest BCUT2D eigenvalue weighted by molar-refractivity contribution is -0.116. The number of fused-ring (bicyclic) bond motifs is 1. The molecule has 1 heterocycles. The minimum atomic E-state index is -0.278. The van der Waals surface area contributed by atoms with Crippen LogP contribution in [0.25, 0.3) is 27.7 Å². The van der Waals surface area contributed by atoms with Gasteiger partial charge in [-0.2, -0.15) is 5.10 Å². The highest BCUT2D eigenvalue weighted by Crippen LogP contribution is 2.25. The van der Waals surface area contributed by atoms with Crippen LogP contribution in [0, 0.1) is 0 Å². The first kappa shape index (κ1) is 24.0. The molecule has 0 aliphatic heterocycles. The van der Waals surface area contributed by atoms with Gasteiger partial charge >= 0.3 is 0 Å². The maximum absolute atomic E-state index is 13.4. The topological polar surface area (TPSA) is 67.2 Å². The van der Waals surface area contributed by atoms with E-state index in [1.807, 2.05) is 116 Å². The van der Waals surface area contributed by atoms with Gasteiger partial charge in [-0.15, -0.1) is 0 Å². The third-order valence-electron chi connectivity index (χ3n) is 6.16. The van der Waals surface area contributed by atoms with Crippen molar-refractivity contribution in [1.29, 1.82) is 0 Å². The van der Waals surface area contributed by atoms with Gasteiger partial charge in [-0.05, 0) is 41.5 Å². The first-order valence-electron chi connectivity index (χ1n) is 12.4. The second-order valence-corrected chi connectivity index (χ2v) is 8.87. The van der Waals surface area contributed by atoms with Gasteiger partial charge in [0.05, 0.1) is 11.4 Å². The van der Waals surface area contributed by atoms with Gasteiger partial charge in [0.2, 0.25) is 5.91 Å². The summed E-state index contributed by atoms with van der Waals surface area (Å²) in [6, 6.07) is 34.9. The molecule has 0 bridgehead atoms. The number of rotatable bonds is 8. The largest absolute Gasteiger partial charge is 0.329 e. The van der Waals surface area contributed by atoms with E-state index in [9.17, 15) is 9.59 Å². The van der Waals surface area contributed by atoms with Crippen LogP contribution in [0.3, 0.4) is 0 Å². The number of para-hydroxylation sites is 1. The number of hydrogen-bond acceptors (Lipinski definition) is 3. The summed E-state index contributed by atoms with van der Waals surface area (Å²) in [7, 11) is 0. The third-order valence-corrected chi connectivity index (χ3v) is 6.16. The van der Waals surface area contributed by atoms with Crippen molar-refractivity contribution in [3.8, 4) is 16.9 Å². The lowest BCUT2D eigenvalue weighted by Crippen LogP contribution is -2.38. The highest BCUT2D eigenvalue weighted by Gasteiger charge is 2.20. The number of hydrogen-bond donors (Lipinski definition) is 1. The third kappa shape index (κ3) is 5.43. The molecule has 2 amide bonds. The predicted molar refractivity (Wildman–Crippen MR) is 148 cm³/mol. The molecule has 0 aliphatic rings. The Hall–Kier alpha value is -4.71. The zero-order valence-corrected chi connectivity index (χ0v) is 20.7. The molecule has 0 saturated heterocycles. The number of aromatic nitrogens is 2. The minimum absolute atomic E-state index is 0.0554. The van der Waals surface area contributed by atoms with Gasteiger partial charge in [-0.25, -0.2) is 4.68 Å². The highest BCUT2D eigenvalue weighted by atomic mass is 16.2. The van der Waals surface area contributed by atoms with E-state index in [1.165, 1.54) is 0 Å². The van der Waals surface area contributed by atoms with E-state index >= 15 is 0 Å². The summed E-state index contributed by atoms with van der Waals surface area (Å²) < 4.78 is 1.72. The Morgan fingerprint density at radius 3 is 2.22 bits per heavy atom. The molecular formula is C31H28N4O2. The number of amides is 2. The molecule has 0 saturated carbocycles. The molecule has 5 aromatic rings. The van der Waals surface area contributed by atoms with Crippen LogP contribution in [0.15, 0.2) is 109 Å². The molecule has 0 spiro atoms. The van der Waals surface area contributed by atoms with Crippen molar-refractivity contribution >= 4 is 28.4 Å². The average Bonchev–Trinajstić information content (AvgIpc) is 3.36. The van der Waals surface area contributed by atoms with Crippen molar-refractivity contribution in [3.05, 3.63) is 115 Å². The van der Waals surface area contributed by atoms with Crippen molar-refractivity contribution in [2.24, 2.45) is 0 Å². The number of anilines is 1.